The molecule has 0 spiro atoms. The molecule has 2 amide bonds. The van der Waals surface area contributed by atoms with Crippen LogP contribution in [0.5, 0.6) is 0 Å². The summed E-state index contributed by atoms with van der Waals surface area (Å²) >= 11 is 0. The monoisotopic (exact) mass is 317 g/mol. The second kappa shape index (κ2) is 11.5. The summed E-state index contributed by atoms with van der Waals surface area (Å²) < 4.78 is 16.0. The van der Waals surface area contributed by atoms with Gasteiger partial charge in [0, 0.05) is 13.0 Å². The van der Waals surface area contributed by atoms with E-state index in [2.05, 4.69) is 10.6 Å². The van der Waals surface area contributed by atoms with Gasteiger partial charge in [0.15, 0.2) is 0 Å². The molecular formula is C14H25N2O6. The number of imide groups is 1. The number of nitrogens with one attached hydrogen (secondary N) is 2. The van der Waals surface area contributed by atoms with Crippen LogP contribution >= 0.6 is 0 Å². The quantitative estimate of drug-likeness (QED) is 0.357. The van der Waals surface area contributed by atoms with Crippen molar-refractivity contribution in [3.63, 3.8) is 0 Å². The molecule has 1 saturated heterocycles. The van der Waals surface area contributed by atoms with Crippen molar-refractivity contribution < 1.29 is 28.9 Å². The summed E-state index contributed by atoms with van der Waals surface area (Å²) in [5, 5.41) is 16.4. The SMILES string of the molecule is CNCCOCCOCCOC(C[O])C1CCC(=O)NC1=O. The lowest BCUT2D eigenvalue weighted by molar-refractivity contribution is -0.144. The third kappa shape index (κ3) is 7.28. The number of carbonyl (C=O) groups is 2. The van der Waals surface area contributed by atoms with E-state index in [1.54, 1.807) is 0 Å². The molecule has 1 fully saturated rings. The summed E-state index contributed by atoms with van der Waals surface area (Å²) in [5.74, 6) is -1.27. The largest absolute Gasteiger partial charge is 0.378 e. The molecular weight excluding hydrogens is 292 g/mol. The average molecular weight is 317 g/mol. The van der Waals surface area contributed by atoms with E-state index in [9.17, 15) is 14.7 Å². The number of ether oxygens (including phenoxy) is 3. The molecule has 8 nitrogen and oxygen atoms in total. The number of rotatable bonds is 12. The van der Waals surface area contributed by atoms with Crippen molar-refractivity contribution in [3.8, 4) is 0 Å². The lowest BCUT2D eigenvalue weighted by Crippen LogP contribution is -2.47. The summed E-state index contributed by atoms with van der Waals surface area (Å²) in [6.07, 6.45) is -0.113. The second-order valence-corrected chi connectivity index (χ2v) is 4.96. The van der Waals surface area contributed by atoms with Gasteiger partial charge in [-0.2, -0.15) is 0 Å². The highest BCUT2D eigenvalue weighted by Crippen LogP contribution is 2.18. The van der Waals surface area contributed by atoms with Crippen LogP contribution in [0.15, 0.2) is 0 Å². The highest BCUT2D eigenvalue weighted by Gasteiger charge is 2.33. The lowest BCUT2D eigenvalue weighted by Gasteiger charge is -2.27. The Kier molecular flexibility index (Phi) is 9.93. The molecule has 0 aliphatic carbocycles. The van der Waals surface area contributed by atoms with E-state index in [-0.39, 0.29) is 18.9 Å². The standard InChI is InChI=1S/C14H25N2O6/c1-15-4-5-20-6-7-21-8-9-22-12(10-17)11-2-3-13(18)16-14(11)19/h11-12,15H,2-10H2,1H3,(H,16,18,19). The van der Waals surface area contributed by atoms with Crippen molar-refractivity contribution >= 4 is 11.8 Å². The molecule has 8 heteroatoms. The van der Waals surface area contributed by atoms with Gasteiger partial charge in [0.05, 0.1) is 45.1 Å². The molecule has 0 aromatic heterocycles. The number of amides is 2. The van der Waals surface area contributed by atoms with Crippen LogP contribution in [-0.4, -0.2) is 71.2 Å². The van der Waals surface area contributed by atoms with Crippen LogP contribution in [0.1, 0.15) is 12.8 Å². The first-order valence-corrected chi connectivity index (χ1v) is 7.52. The minimum Gasteiger partial charge on any atom is -0.378 e. The number of carbonyl (C=O) groups excluding carboxylic acids is 2. The zero-order chi connectivity index (χ0) is 16.2. The molecule has 0 aromatic rings. The van der Waals surface area contributed by atoms with Crippen molar-refractivity contribution in [1.82, 2.24) is 10.6 Å². The van der Waals surface area contributed by atoms with E-state index in [1.165, 1.54) is 0 Å². The molecule has 0 bridgehead atoms. The predicted octanol–water partition coefficient (Wildman–Crippen LogP) is -0.892. The Balaban J connectivity index is 2.09. The van der Waals surface area contributed by atoms with Gasteiger partial charge < -0.3 is 19.5 Å². The topological polar surface area (TPSA) is 106 Å². The van der Waals surface area contributed by atoms with Crippen LogP contribution in [0.25, 0.3) is 0 Å². The molecule has 0 saturated carbocycles. The van der Waals surface area contributed by atoms with Gasteiger partial charge in [0.2, 0.25) is 11.8 Å². The molecule has 1 rings (SSSR count). The first-order valence-electron chi connectivity index (χ1n) is 7.52. The van der Waals surface area contributed by atoms with E-state index in [4.69, 9.17) is 14.2 Å². The van der Waals surface area contributed by atoms with Crippen LogP contribution in [0.2, 0.25) is 0 Å². The molecule has 22 heavy (non-hydrogen) atoms. The zero-order valence-corrected chi connectivity index (χ0v) is 13.0. The van der Waals surface area contributed by atoms with E-state index >= 15 is 0 Å². The van der Waals surface area contributed by atoms with Crippen LogP contribution in [0.3, 0.4) is 0 Å². The van der Waals surface area contributed by atoms with E-state index in [0.29, 0.717) is 32.8 Å². The Morgan fingerprint density at radius 2 is 1.86 bits per heavy atom. The van der Waals surface area contributed by atoms with Crippen LogP contribution < -0.4 is 10.6 Å². The highest BCUT2D eigenvalue weighted by molar-refractivity contribution is 5.98. The minimum atomic E-state index is -0.719. The average Bonchev–Trinajstić information content (AvgIpc) is 2.50. The lowest BCUT2D eigenvalue weighted by atomic mass is 9.93. The third-order valence-corrected chi connectivity index (χ3v) is 3.32. The van der Waals surface area contributed by atoms with Crippen molar-refractivity contribution in [1.29, 1.82) is 0 Å². The van der Waals surface area contributed by atoms with E-state index in [1.807, 2.05) is 7.05 Å². The van der Waals surface area contributed by atoms with Crippen molar-refractivity contribution in [2.45, 2.75) is 18.9 Å². The molecule has 127 valence electrons. The molecule has 2 N–H and O–H groups in total. The number of likely N-dealkylation sites (N-methyl/N-ethyl adjacent to an activating group) is 1. The maximum atomic E-state index is 11.7. The van der Waals surface area contributed by atoms with Gasteiger partial charge in [0.25, 0.3) is 0 Å². The van der Waals surface area contributed by atoms with Gasteiger partial charge in [-0.3, -0.25) is 14.9 Å². The summed E-state index contributed by atoms with van der Waals surface area (Å²) in [4.78, 5) is 22.7. The Bertz CT molecular complexity index is 339. The minimum absolute atomic E-state index is 0.237. The van der Waals surface area contributed by atoms with Gasteiger partial charge >= 0.3 is 0 Å². The maximum absolute atomic E-state index is 11.7. The summed E-state index contributed by atoms with van der Waals surface area (Å²) in [6, 6.07) is 0. The van der Waals surface area contributed by atoms with Gasteiger partial charge in [-0.15, -0.1) is 0 Å². The van der Waals surface area contributed by atoms with Gasteiger partial charge in [0.1, 0.15) is 6.61 Å². The summed E-state index contributed by atoms with van der Waals surface area (Å²) in [7, 11) is 1.85. The molecule has 1 aliphatic rings. The molecule has 1 radical (unpaired) electrons. The van der Waals surface area contributed by atoms with Crippen molar-refractivity contribution in [2.75, 3.05) is 53.2 Å². The number of piperidine rings is 1. The van der Waals surface area contributed by atoms with E-state index < -0.39 is 24.5 Å². The first-order chi connectivity index (χ1) is 10.7. The Labute approximate surface area is 130 Å². The predicted molar refractivity (Wildman–Crippen MR) is 76.7 cm³/mol. The normalized spacial score (nSPS) is 20.0. The first kappa shape index (κ1) is 19.0. The Morgan fingerprint density at radius 3 is 2.50 bits per heavy atom. The van der Waals surface area contributed by atoms with Gasteiger partial charge in [-0.25, -0.2) is 5.11 Å². The fourth-order valence-electron chi connectivity index (χ4n) is 2.10. The zero-order valence-electron chi connectivity index (χ0n) is 13.0. The van der Waals surface area contributed by atoms with Crippen LogP contribution in [0.4, 0.5) is 0 Å². The van der Waals surface area contributed by atoms with Crippen LogP contribution in [0, 0.1) is 5.92 Å². The fourth-order valence-corrected chi connectivity index (χ4v) is 2.10. The fraction of sp³-hybridized carbons (Fsp3) is 0.857. The second-order valence-electron chi connectivity index (χ2n) is 4.96. The van der Waals surface area contributed by atoms with Crippen molar-refractivity contribution in [3.05, 3.63) is 0 Å². The smallest absolute Gasteiger partial charge is 0.232 e. The molecule has 1 heterocycles. The van der Waals surface area contributed by atoms with Gasteiger partial charge in [-0.05, 0) is 13.5 Å². The Hall–Kier alpha value is -1.06. The summed E-state index contributed by atoms with van der Waals surface area (Å²) in [6.45, 7) is 2.43. The van der Waals surface area contributed by atoms with Crippen LogP contribution in [-0.2, 0) is 28.9 Å². The summed E-state index contributed by atoms with van der Waals surface area (Å²) in [5.41, 5.74) is 0. The molecule has 0 aromatic carbocycles. The Morgan fingerprint density at radius 1 is 1.18 bits per heavy atom. The molecule has 2 unspecified atom stereocenters. The molecule has 2 atom stereocenters. The molecule has 1 aliphatic heterocycles. The van der Waals surface area contributed by atoms with E-state index in [0.717, 1.165) is 6.54 Å². The van der Waals surface area contributed by atoms with Gasteiger partial charge in [-0.1, -0.05) is 0 Å². The number of hydrogen-bond donors (Lipinski definition) is 2. The maximum Gasteiger partial charge on any atom is 0.232 e. The number of hydrogen-bond acceptors (Lipinski definition) is 6. The third-order valence-electron chi connectivity index (χ3n) is 3.32. The highest BCUT2D eigenvalue weighted by atomic mass is 16.5. The van der Waals surface area contributed by atoms with Crippen molar-refractivity contribution in [2.24, 2.45) is 5.92 Å².